The second-order valence-corrected chi connectivity index (χ2v) is 6.17. The summed E-state index contributed by atoms with van der Waals surface area (Å²) in [6.45, 7) is 8.11. The zero-order valence-electron chi connectivity index (χ0n) is 14.7. The molecular formula is C18H26N4O2. The first kappa shape index (κ1) is 16.8. The Hall–Kier alpha value is -2.08. The zero-order chi connectivity index (χ0) is 16.9. The molecular weight excluding hydrogens is 304 g/mol. The van der Waals surface area contributed by atoms with Gasteiger partial charge in [0.1, 0.15) is 5.75 Å². The molecule has 0 N–H and O–H groups in total. The van der Waals surface area contributed by atoms with Gasteiger partial charge >= 0.3 is 0 Å². The van der Waals surface area contributed by atoms with Crippen LogP contribution in [0.1, 0.15) is 38.0 Å². The maximum absolute atomic E-state index is 5.48. The van der Waals surface area contributed by atoms with E-state index in [0.29, 0.717) is 0 Å². The molecule has 1 fully saturated rings. The van der Waals surface area contributed by atoms with E-state index < -0.39 is 0 Å². The lowest BCUT2D eigenvalue weighted by molar-refractivity contribution is 0.164. The van der Waals surface area contributed by atoms with Gasteiger partial charge in [-0.25, -0.2) is 0 Å². The number of anilines is 1. The summed E-state index contributed by atoms with van der Waals surface area (Å²) in [5.41, 5.74) is 1.16. The van der Waals surface area contributed by atoms with Crippen LogP contribution in [-0.2, 0) is 6.42 Å². The number of piperazine rings is 1. The third-order valence-electron chi connectivity index (χ3n) is 4.60. The molecule has 1 aromatic heterocycles. The average Bonchev–Trinajstić information content (AvgIpc) is 3.10. The molecule has 0 radical (unpaired) electrons. The first-order chi connectivity index (χ1) is 11.7. The van der Waals surface area contributed by atoms with Gasteiger partial charge in [0.05, 0.1) is 18.8 Å². The van der Waals surface area contributed by atoms with Gasteiger partial charge in [-0.1, -0.05) is 24.2 Å². The minimum Gasteiger partial charge on any atom is -0.495 e. The summed E-state index contributed by atoms with van der Waals surface area (Å²) in [7, 11) is 1.72. The monoisotopic (exact) mass is 330 g/mol. The van der Waals surface area contributed by atoms with E-state index >= 15 is 0 Å². The molecule has 2 aromatic rings. The molecule has 1 aliphatic heterocycles. The lowest BCUT2D eigenvalue weighted by Gasteiger charge is -2.38. The lowest BCUT2D eigenvalue weighted by Crippen LogP contribution is -2.47. The predicted molar refractivity (Wildman–Crippen MR) is 93.5 cm³/mol. The van der Waals surface area contributed by atoms with Crippen molar-refractivity contribution in [2.24, 2.45) is 0 Å². The normalized spacial score (nSPS) is 17.0. The fourth-order valence-corrected chi connectivity index (χ4v) is 3.16. The summed E-state index contributed by atoms with van der Waals surface area (Å²) in [4.78, 5) is 9.30. The van der Waals surface area contributed by atoms with Crippen LogP contribution in [0.15, 0.2) is 28.8 Å². The van der Waals surface area contributed by atoms with Crippen molar-refractivity contribution in [2.45, 2.75) is 32.7 Å². The topological polar surface area (TPSA) is 54.6 Å². The second-order valence-electron chi connectivity index (χ2n) is 6.17. The smallest absolute Gasteiger partial charge is 0.243 e. The molecule has 3 rings (SSSR count). The number of hydrogen-bond donors (Lipinski definition) is 0. The number of benzene rings is 1. The lowest BCUT2D eigenvalue weighted by atomic mass is 10.2. The highest BCUT2D eigenvalue weighted by Gasteiger charge is 2.26. The molecule has 1 aromatic carbocycles. The van der Waals surface area contributed by atoms with Gasteiger partial charge in [-0.15, -0.1) is 0 Å². The third-order valence-corrected chi connectivity index (χ3v) is 4.60. The highest BCUT2D eigenvalue weighted by atomic mass is 16.5. The number of rotatable bonds is 6. The van der Waals surface area contributed by atoms with Gasteiger partial charge in [-0.2, -0.15) is 4.98 Å². The van der Waals surface area contributed by atoms with E-state index in [1.807, 2.05) is 12.1 Å². The number of ether oxygens (including phenoxy) is 1. The molecule has 1 aliphatic rings. The Labute approximate surface area is 143 Å². The van der Waals surface area contributed by atoms with E-state index in [1.165, 1.54) is 0 Å². The zero-order valence-corrected chi connectivity index (χ0v) is 14.7. The van der Waals surface area contributed by atoms with E-state index in [4.69, 9.17) is 9.26 Å². The number of aryl methyl sites for hydroxylation is 1. The van der Waals surface area contributed by atoms with E-state index in [-0.39, 0.29) is 6.04 Å². The van der Waals surface area contributed by atoms with E-state index in [1.54, 1.807) is 7.11 Å². The van der Waals surface area contributed by atoms with Crippen molar-refractivity contribution in [2.75, 3.05) is 38.2 Å². The molecule has 1 saturated heterocycles. The van der Waals surface area contributed by atoms with Crippen molar-refractivity contribution in [1.29, 1.82) is 0 Å². The van der Waals surface area contributed by atoms with Gasteiger partial charge in [-0.3, -0.25) is 4.90 Å². The summed E-state index contributed by atoms with van der Waals surface area (Å²) in [6, 6.07) is 8.35. The minimum absolute atomic E-state index is 0.155. The molecule has 0 bridgehead atoms. The maximum atomic E-state index is 5.48. The second kappa shape index (κ2) is 7.66. The standard InChI is InChI=1S/C18H26N4O2/c1-4-7-17-19-18(24-20-17)14(2)21-10-12-22(13-11-21)15-8-5-6-9-16(15)23-3/h5-6,8-9,14H,4,7,10-13H2,1-3H3/t14-/m0/s1. The van der Waals surface area contributed by atoms with Gasteiger partial charge in [0.25, 0.3) is 0 Å². The van der Waals surface area contributed by atoms with Crippen molar-refractivity contribution in [1.82, 2.24) is 15.0 Å². The van der Waals surface area contributed by atoms with Gasteiger partial charge in [-0.05, 0) is 25.5 Å². The molecule has 0 amide bonds. The van der Waals surface area contributed by atoms with Gasteiger partial charge < -0.3 is 14.2 Å². The third kappa shape index (κ3) is 3.53. The van der Waals surface area contributed by atoms with Crippen LogP contribution in [0.3, 0.4) is 0 Å². The van der Waals surface area contributed by atoms with Crippen molar-refractivity contribution < 1.29 is 9.26 Å². The van der Waals surface area contributed by atoms with Crippen LogP contribution in [0.25, 0.3) is 0 Å². The SMILES string of the molecule is CCCc1noc([C@H](C)N2CCN(c3ccccc3OC)CC2)n1. The fourth-order valence-electron chi connectivity index (χ4n) is 3.16. The number of para-hydroxylation sites is 2. The van der Waals surface area contributed by atoms with Gasteiger partial charge in [0.2, 0.25) is 5.89 Å². The predicted octanol–water partition coefficient (Wildman–Crippen LogP) is 2.91. The Morgan fingerprint density at radius 1 is 1.21 bits per heavy atom. The quantitative estimate of drug-likeness (QED) is 0.812. The molecule has 0 saturated carbocycles. The van der Waals surface area contributed by atoms with Crippen LogP contribution < -0.4 is 9.64 Å². The molecule has 130 valence electrons. The maximum Gasteiger partial charge on any atom is 0.243 e. The number of nitrogens with zero attached hydrogens (tertiary/aromatic N) is 4. The van der Waals surface area contributed by atoms with Crippen LogP contribution >= 0.6 is 0 Å². The summed E-state index contributed by atoms with van der Waals surface area (Å²) in [6.07, 6.45) is 1.91. The number of aromatic nitrogens is 2. The highest BCUT2D eigenvalue weighted by molar-refractivity contribution is 5.58. The Morgan fingerprint density at radius 2 is 1.96 bits per heavy atom. The Bertz CT molecular complexity index is 650. The number of hydrogen-bond acceptors (Lipinski definition) is 6. The number of methoxy groups -OCH3 is 1. The van der Waals surface area contributed by atoms with Crippen molar-refractivity contribution in [3.63, 3.8) is 0 Å². The van der Waals surface area contributed by atoms with Crippen molar-refractivity contribution >= 4 is 5.69 Å². The van der Waals surface area contributed by atoms with E-state index in [0.717, 1.165) is 62.2 Å². The summed E-state index contributed by atoms with van der Waals surface area (Å²) in [5.74, 6) is 2.47. The van der Waals surface area contributed by atoms with Crippen LogP contribution in [0.4, 0.5) is 5.69 Å². The van der Waals surface area contributed by atoms with Crippen LogP contribution in [0.5, 0.6) is 5.75 Å². The molecule has 2 heterocycles. The molecule has 24 heavy (non-hydrogen) atoms. The summed E-state index contributed by atoms with van der Waals surface area (Å²) < 4.78 is 10.9. The molecule has 0 unspecified atom stereocenters. The summed E-state index contributed by atoms with van der Waals surface area (Å²) >= 11 is 0. The van der Waals surface area contributed by atoms with Gasteiger partial charge in [0, 0.05) is 32.6 Å². The van der Waals surface area contributed by atoms with E-state index in [2.05, 4.69) is 45.9 Å². The van der Waals surface area contributed by atoms with Crippen molar-refractivity contribution in [3.05, 3.63) is 36.0 Å². The molecule has 0 spiro atoms. The molecule has 6 nitrogen and oxygen atoms in total. The fraction of sp³-hybridized carbons (Fsp3) is 0.556. The van der Waals surface area contributed by atoms with Crippen LogP contribution in [-0.4, -0.2) is 48.3 Å². The minimum atomic E-state index is 0.155. The highest BCUT2D eigenvalue weighted by Crippen LogP contribution is 2.29. The van der Waals surface area contributed by atoms with Crippen LogP contribution in [0, 0.1) is 0 Å². The van der Waals surface area contributed by atoms with E-state index in [9.17, 15) is 0 Å². The van der Waals surface area contributed by atoms with Crippen LogP contribution in [0.2, 0.25) is 0 Å². The largest absolute Gasteiger partial charge is 0.495 e. The Kier molecular flexibility index (Phi) is 5.35. The Morgan fingerprint density at radius 3 is 2.67 bits per heavy atom. The molecule has 6 heteroatoms. The Balaban J connectivity index is 1.61. The van der Waals surface area contributed by atoms with Gasteiger partial charge in [0.15, 0.2) is 5.82 Å². The molecule has 1 atom stereocenters. The molecule has 0 aliphatic carbocycles. The van der Waals surface area contributed by atoms with Crippen molar-refractivity contribution in [3.8, 4) is 5.75 Å². The average molecular weight is 330 g/mol. The first-order valence-corrected chi connectivity index (χ1v) is 8.67. The summed E-state index contributed by atoms with van der Waals surface area (Å²) in [5, 5.41) is 4.07. The first-order valence-electron chi connectivity index (χ1n) is 8.67.